The summed E-state index contributed by atoms with van der Waals surface area (Å²) in [6, 6.07) is 8.99. The topological polar surface area (TPSA) is 430 Å². The van der Waals surface area contributed by atoms with E-state index in [9.17, 15) is 64.2 Å². The Hall–Kier alpha value is -4.98. The first-order valence-corrected chi connectivity index (χ1v) is 36.4. The number of hydrogen-bond donors (Lipinski definition) is 8. The molecule has 3 unspecified atom stereocenters. The number of unbranched alkanes of at least 4 members (excludes halogenated alkanes) is 8. The Morgan fingerprint density at radius 3 is 2.18 bits per heavy atom. The van der Waals surface area contributed by atoms with Crippen LogP contribution in [0.1, 0.15) is 129 Å². The second-order valence-corrected chi connectivity index (χ2v) is 30.0. The molecule has 0 radical (unpaired) electrons. The van der Waals surface area contributed by atoms with Gasteiger partial charge in [-0.05, 0) is 108 Å². The number of nitrogens with one attached hydrogen (secondary N) is 1. The highest BCUT2D eigenvalue weighted by atomic mass is 32.2. The van der Waals surface area contributed by atoms with Gasteiger partial charge in [-0.25, -0.2) is 37.1 Å². The smallest absolute Gasteiger partial charge is 0.490 e. The van der Waals surface area contributed by atoms with E-state index in [0.717, 1.165) is 33.9 Å². The Labute approximate surface area is 517 Å². The first-order valence-electron chi connectivity index (χ1n) is 29.1. The normalized spacial score (nSPS) is 21.7. The zero-order chi connectivity index (χ0) is 65.2. The number of benzene rings is 2. The van der Waals surface area contributed by atoms with Crippen LogP contribution in [0.3, 0.4) is 0 Å². The van der Waals surface area contributed by atoms with Crippen molar-refractivity contribution in [1.29, 1.82) is 0 Å². The maximum Gasteiger partial charge on any atom is 0.490 e. The predicted molar refractivity (Wildman–Crippen MR) is 326 cm³/mol. The molecule has 29 nitrogen and oxygen atoms in total. The van der Waals surface area contributed by atoms with Crippen LogP contribution in [0.15, 0.2) is 94.9 Å². The second kappa shape index (κ2) is 30.2. The molecule has 7 atom stereocenters. The summed E-state index contributed by atoms with van der Waals surface area (Å²) in [5.41, 5.74) is 15.4. The van der Waals surface area contributed by atoms with Crippen molar-refractivity contribution in [1.82, 2.24) is 24.8 Å². The SMILES string of the molecule is CCN1/C(=C/C=C/C=C/C2=[N+](CCCCCC(=O)NCCCCCCO[C@@H]3[C@H](O)[C@@H](COP(=O)(O)OP(=O)(O)OP(=O)(O)OCCCCCCN)O[C@H]3n3cnc4c(N)ncnc43)c3ccc(S(=O)(=O)O)cc3C2(C)C)C(C)(C)c2cc(S(=O)(=O)[O-])ccc21. The number of likely N-dealkylation sites (N-methyl/N-ethyl adjacent to an activating group) is 1. The summed E-state index contributed by atoms with van der Waals surface area (Å²) in [4.78, 5) is 57.2. The molecule has 3 aliphatic rings. The van der Waals surface area contributed by atoms with E-state index in [0.29, 0.717) is 96.8 Å². The number of aliphatic hydroxyl groups excluding tert-OH is 1. The number of phosphoric acid groups is 3. The third-order valence-electron chi connectivity index (χ3n) is 15.5. The quantitative estimate of drug-likeness (QED) is 0.00740. The van der Waals surface area contributed by atoms with Gasteiger partial charge in [0.15, 0.2) is 23.4 Å². The summed E-state index contributed by atoms with van der Waals surface area (Å²) < 4.78 is 141. The molecule has 2 aromatic heterocycles. The number of imidazole rings is 1. The Bertz CT molecular complexity index is 3690. The molecule has 34 heteroatoms. The Balaban J connectivity index is 0.870. The number of anilines is 2. The number of ether oxygens (including phenoxy) is 2. The predicted octanol–water partition coefficient (Wildman–Crippen LogP) is 7.22. The number of allylic oxidation sites excluding steroid dienone is 6. The van der Waals surface area contributed by atoms with Crippen LogP contribution in [0.4, 0.5) is 17.2 Å². The zero-order valence-electron chi connectivity index (χ0n) is 50.1. The van der Waals surface area contributed by atoms with Crippen molar-refractivity contribution in [3.8, 4) is 0 Å². The number of aromatic nitrogens is 4. The van der Waals surface area contributed by atoms with Crippen LogP contribution in [-0.2, 0) is 76.7 Å². The number of rotatable bonds is 35. The van der Waals surface area contributed by atoms with Crippen LogP contribution >= 0.6 is 23.5 Å². The Morgan fingerprint density at radius 2 is 1.48 bits per heavy atom. The van der Waals surface area contributed by atoms with Crippen molar-refractivity contribution in [2.24, 2.45) is 5.73 Å². The van der Waals surface area contributed by atoms with Gasteiger partial charge in [0.05, 0.1) is 34.7 Å². The van der Waals surface area contributed by atoms with Crippen molar-refractivity contribution >= 4 is 83.7 Å². The minimum absolute atomic E-state index is 0.0502. The van der Waals surface area contributed by atoms with Crippen LogP contribution in [-0.4, -0.2) is 146 Å². The van der Waals surface area contributed by atoms with Gasteiger partial charge >= 0.3 is 23.5 Å². The highest BCUT2D eigenvalue weighted by Crippen LogP contribution is 2.68. The molecule has 0 bridgehead atoms. The molecular formula is C55H80N9O20P3S2. The largest absolute Gasteiger partial charge is 0.744 e. The lowest BCUT2D eigenvalue weighted by Gasteiger charge is -2.25. The average molecular weight is 1340 g/mol. The van der Waals surface area contributed by atoms with Crippen LogP contribution in [0, 0.1) is 0 Å². The first-order chi connectivity index (χ1) is 41.8. The number of carbonyl (C=O) groups excluding carboxylic acids is 1. The van der Waals surface area contributed by atoms with Gasteiger partial charge in [0.1, 0.15) is 46.8 Å². The average Bonchev–Trinajstić information content (AvgIpc) is 1.63. The van der Waals surface area contributed by atoms with E-state index in [4.69, 9.17) is 25.5 Å². The van der Waals surface area contributed by atoms with E-state index in [2.05, 4.69) is 42.9 Å². The van der Waals surface area contributed by atoms with E-state index >= 15 is 0 Å². The van der Waals surface area contributed by atoms with E-state index in [-0.39, 0.29) is 52.3 Å². The number of hydrogen-bond acceptors (Lipinski definition) is 22. The number of nitrogens with two attached hydrogens (primary N) is 2. The summed E-state index contributed by atoms with van der Waals surface area (Å²) in [5, 5.41) is 14.4. The lowest BCUT2D eigenvalue weighted by atomic mass is 9.81. The number of amides is 1. The van der Waals surface area contributed by atoms with Gasteiger partial charge in [-0.2, -0.15) is 21.6 Å². The third-order valence-corrected chi connectivity index (χ3v) is 21.5. The van der Waals surface area contributed by atoms with Gasteiger partial charge in [-0.15, -0.1) is 0 Å². The maximum absolute atomic E-state index is 12.9. The van der Waals surface area contributed by atoms with Crippen LogP contribution in [0.5, 0.6) is 0 Å². The van der Waals surface area contributed by atoms with Crippen molar-refractivity contribution in [3.05, 3.63) is 96.3 Å². The summed E-state index contributed by atoms with van der Waals surface area (Å²) in [6.07, 6.45) is 13.9. The number of carbonyl (C=O) groups is 1. The van der Waals surface area contributed by atoms with Gasteiger partial charge in [0.2, 0.25) is 11.6 Å². The number of aliphatic hydroxyl groups is 1. The molecular weight excluding hydrogens is 1260 g/mol. The first kappa shape index (κ1) is 71.5. The summed E-state index contributed by atoms with van der Waals surface area (Å²) >= 11 is 0. The van der Waals surface area contributed by atoms with Crippen molar-refractivity contribution in [2.45, 2.75) is 157 Å². The second-order valence-electron chi connectivity index (χ2n) is 22.6. The number of phosphoric ester groups is 2. The van der Waals surface area contributed by atoms with Gasteiger partial charge in [0.25, 0.3) is 10.1 Å². The highest BCUT2D eigenvalue weighted by molar-refractivity contribution is 7.86. The Morgan fingerprint density at radius 1 is 0.820 bits per heavy atom. The minimum Gasteiger partial charge on any atom is -0.744 e. The molecule has 0 saturated carbocycles. The fourth-order valence-corrected chi connectivity index (χ4v) is 15.5. The summed E-state index contributed by atoms with van der Waals surface area (Å²) in [5.74, 6) is -0.0555. The Kier molecular flexibility index (Phi) is 24.2. The van der Waals surface area contributed by atoms with E-state index < -0.39 is 85.7 Å². The fraction of sp³-hybridized carbons (Fsp3) is 0.545. The van der Waals surface area contributed by atoms with Crippen molar-refractivity contribution < 1.29 is 95.9 Å². The highest BCUT2D eigenvalue weighted by Gasteiger charge is 2.49. The number of nitrogen functional groups attached to an aromatic ring is 1. The lowest BCUT2D eigenvalue weighted by Crippen LogP contribution is -2.36. The minimum atomic E-state index is -5.77. The van der Waals surface area contributed by atoms with Gasteiger partial charge in [-0.1, -0.05) is 57.8 Å². The molecule has 492 valence electrons. The van der Waals surface area contributed by atoms with Crippen LogP contribution in [0.25, 0.3) is 11.2 Å². The summed E-state index contributed by atoms with van der Waals surface area (Å²) in [7, 11) is -25.7. The van der Waals surface area contributed by atoms with E-state index in [1.54, 1.807) is 12.1 Å². The molecule has 2 aromatic carbocycles. The lowest BCUT2D eigenvalue weighted by molar-refractivity contribution is -0.438. The van der Waals surface area contributed by atoms with Crippen LogP contribution in [0.2, 0.25) is 0 Å². The van der Waals surface area contributed by atoms with E-state index in [1.807, 2.05) is 65.0 Å². The van der Waals surface area contributed by atoms with Crippen molar-refractivity contribution in [3.63, 3.8) is 0 Å². The number of nitrogens with zero attached hydrogens (tertiary/aromatic N) is 6. The zero-order valence-corrected chi connectivity index (χ0v) is 54.4. The molecule has 7 rings (SSSR count). The van der Waals surface area contributed by atoms with Gasteiger partial charge in [0, 0.05) is 67.0 Å². The molecule has 1 amide bonds. The fourth-order valence-electron chi connectivity index (χ4n) is 11.0. The standard InChI is InChI=1S/C55H80N9O20P3S2/c1-6-62-42-26-24-38(88(73,74)75)33-40(42)54(2,3)45(62)21-13-11-14-22-46-55(4,5)41-34-39(89(76,77)78)25-27-43(41)63(46)30-18-12-15-23-47(65)58-29-17-8-10-19-31-79-50-49(66)44(82-53(50)64-37-61-48-51(57)59-36-60-52(48)64)35-81-86(69,70)84-87(71,72)83-85(67,68)80-32-20-9-7-16-28-56/h11,13-14,21-22,24-27,33-34,36-37,44,49-50,53,66H,6-10,12,15-20,23,28-32,35,56H2,1-5H3,(H7-,57,58,59,60,65,67,68,69,70,71,72,73,74,75,76,77,78)/t44-,49-,50-,53-/m1/s1. The van der Waals surface area contributed by atoms with Gasteiger partial charge in [-0.3, -0.25) is 23.0 Å². The molecule has 89 heavy (non-hydrogen) atoms. The molecule has 5 heterocycles. The molecule has 1 fully saturated rings. The molecule has 1 saturated heterocycles. The van der Waals surface area contributed by atoms with Gasteiger partial charge < -0.3 is 55.5 Å². The molecule has 3 aliphatic heterocycles. The monoisotopic (exact) mass is 1340 g/mol. The number of fused-ring (bicyclic) bond motifs is 3. The molecule has 0 aliphatic carbocycles. The molecule has 4 aromatic rings. The van der Waals surface area contributed by atoms with Crippen molar-refractivity contribution in [2.75, 3.05) is 56.6 Å². The van der Waals surface area contributed by atoms with Crippen LogP contribution < -0.4 is 21.7 Å². The third kappa shape index (κ3) is 18.4. The van der Waals surface area contributed by atoms with E-state index in [1.165, 1.54) is 41.5 Å². The summed E-state index contributed by atoms with van der Waals surface area (Å²) in [6.45, 7) is 10.8. The molecule has 10 N–H and O–H groups in total. The molecule has 0 spiro atoms. The maximum atomic E-state index is 12.9.